The number of thiophene rings is 1. The number of amides is 3. The molecule has 4 aromatic rings. The van der Waals surface area contributed by atoms with E-state index in [1.807, 2.05) is 24.1 Å². The van der Waals surface area contributed by atoms with Gasteiger partial charge in [-0.2, -0.15) is 0 Å². The zero-order chi connectivity index (χ0) is 45.3. The lowest BCUT2D eigenvalue weighted by atomic mass is 9.93. The maximum atomic E-state index is 16.7. The molecule has 1 saturated carbocycles. The number of rotatable bonds is 14. The number of esters is 1. The van der Waals surface area contributed by atoms with Gasteiger partial charge in [0.1, 0.15) is 23.9 Å². The smallest absolute Gasteiger partial charge is 0.355 e. The first kappa shape index (κ1) is 45.4. The van der Waals surface area contributed by atoms with Crippen LogP contribution in [0.3, 0.4) is 0 Å². The van der Waals surface area contributed by atoms with Crippen molar-refractivity contribution in [1.82, 2.24) is 30.1 Å². The van der Waals surface area contributed by atoms with Gasteiger partial charge in [0, 0.05) is 60.3 Å². The summed E-state index contributed by atoms with van der Waals surface area (Å²) in [5.41, 5.74) is 0.974. The minimum absolute atomic E-state index is 0.00425. The third-order valence-electron chi connectivity index (χ3n) is 13.9. The maximum Gasteiger partial charge on any atom is 0.355 e. The summed E-state index contributed by atoms with van der Waals surface area (Å²) < 4.78 is 48.5. The Labute approximate surface area is 383 Å². The Kier molecular flexibility index (Phi) is 13.4. The maximum absolute atomic E-state index is 16.7. The monoisotopic (exact) mass is 928 g/mol. The third kappa shape index (κ3) is 9.60. The highest BCUT2D eigenvalue weighted by atomic mass is 32.1. The van der Waals surface area contributed by atoms with Crippen molar-refractivity contribution in [2.45, 2.75) is 119 Å². The van der Waals surface area contributed by atoms with Crippen LogP contribution in [-0.4, -0.2) is 119 Å². The second-order valence-corrected chi connectivity index (χ2v) is 21.4. The molecule has 8 atom stereocenters. The number of para-hydroxylation sites is 1. The molecule has 0 bridgehead atoms. The summed E-state index contributed by atoms with van der Waals surface area (Å²) in [5, 5.41) is 6.23. The summed E-state index contributed by atoms with van der Waals surface area (Å²) in [7, 11) is -4.47. The van der Waals surface area contributed by atoms with Gasteiger partial charge in [0.15, 0.2) is 0 Å². The molecule has 5 fully saturated rings. The fourth-order valence-electron chi connectivity index (χ4n) is 10.4. The Bertz CT molecular complexity index is 2420. The van der Waals surface area contributed by atoms with Crippen LogP contribution in [0.4, 0.5) is 4.39 Å². The summed E-state index contributed by atoms with van der Waals surface area (Å²) in [4.78, 5) is 67.6. The number of fused-ring (bicyclic) bond motifs is 2. The van der Waals surface area contributed by atoms with E-state index in [2.05, 4.69) is 31.3 Å². The number of ether oxygens (including phenoxy) is 2. The highest BCUT2D eigenvalue weighted by Crippen LogP contribution is 2.58. The zero-order valence-corrected chi connectivity index (χ0v) is 38.7. The van der Waals surface area contributed by atoms with Crippen molar-refractivity contribution < 1.29 is 42.1 Å². The summed E-state index contributed by atoms with van der Waals surface area (Å²) in [6.07, 6.45) is 10.2. The number of hydrogen-bond acceptors (Lipinski definition) is 11. The van der Waals surface area contributed by atoms with E-state index in [1.54, 1.807) is 48.7 Å². The van der Waals surface area contributed by atoms with Crippen molar-refractivity contribution in [3.8, 4) is 5.75 Å². The molecule has 2 N–H and O–H groups in total. The Hall–Kier alpha value is -4.73. The molecule has 5 aliphatic rings. The van der Waals surface area contributed by atoms with E-state index in [4.69, 9.17) is 14.0 Å². The number of morpholine rings is 1. The fourth-order valence-corrected chi connectivity index (χ4v) is 13.2. The highest BCUT2D eigenvalue weighted by Gasteiger charge is 2.59. The molecule has 4 aliphatic heterocycles. The lowest BCUT2D eigenvalue weighted by Crippen LogP contribution is -2.59. The molecule has 3 amide bonds. The molecule has 0 unspecified atom stereocenters. The van der Waals surface area contributed by atoms with Crippen LogP contribution in [-0.2, 0) is 28.4 Å². The predicted molar refractivity (Wildman–Crippen MR) is 244 cm³/mol. The fraction of sp³-hybridized carbons (Fsp3) is 0.521. The van der Waals surface area contributed by atoms with E-state index in [0.29, 0.717) is 66.8 Å². The second kappa shape index (κ2) is 19.2. The van der Waals surface area contributed by atoms with Gasteiger partial charge in [-0.05, 0) is 118 Å². The number of aromatic nitrogens is 1. The van der Waals surface area contributed by atoms with E-state index < -0.39 is 43.4 Å². The van der Waals surface area contributed by atoms with E-state index >= 15 is 4.39 Å². The van der Waals surface area contributed by atoms with Crippen LogP contribution < -0.4 is 14.9 Å². The Balaban J connectivity index is 0.949. The number of pyridine rings is 1. The number of benzene rings is 2. The molecule has 6 heterocycles. The van der Waals surface area contributed by atoms with Gasteiger partial charge in [-0.3, -0.25) is 33.6 Å². The SMILES string of the molecule is CCCOC(=O)[C@H](C)N[P@@](=O)(Oc1ccccc1)[C@@H](F)c1ccc2sc(C(=O)N[C@H]3CC[C@H](N4CCOCC4)C[C@H]4CC[C@@H](C(=O)N5C[C@H](c6cccnc6)CC56CC6)N4C3=O)cc2c1. The van der Waals surface area contributed by atoms with Gasteiger partial charge in [-0.1, -0.05) is 37.3 Å². The van der Waals surface area contributed by atoms with Gasteiger partial charge in [0.2, 0.25) is 17.7 Å². The number of carbonyl (C=O) groups is 4. The topological polar surface area (TPSA) is 160 Å². The predicted octanol–water partition coefficient (Wildman–Crippen LogP) is 7.36. The standard InChI is InChI=1S/C48H58FN6O8PS/c1-3-22-62-47(59)31(2)52-64(60,63-38-9-5-4-6-10-38)43(49)32-11-16-41-34(25-32)26-42(65-41)44(56)51-39-14-12-36(53-20-23-61-24-21-53)27-37-13-15-40(55(37)45(39)57)46(58)54-30-35(28-48(54)17-18-48)33-8-7-19-50-29-33/h4-11,16,19,25-26,29,31,35-37,39-40,43H,3,12-15,17-18,20-24,27-28,30H2,1-2H3,(H,51,56)(H,52,60)/t31-,35+,36-,37+,39-,40-,43+,64-/m0/s1. The van der Waals surface area contributed by atoms with Gasteiger partial charge in [0.25, 0.3) is 5.91 Å². The summed E-state index contributed by atoms with van der Waals surface area (Å²) in [6.45, 7) is 6.90. The average Bonchev–Trinajstić information content (AvgIpc) is 3.60. The van der Waals surface area contributed by atoms with Crippen LogP contribution in [0, 0.1) is 0 Å². The summed E-state index contributed by atoms with van der Waals surface area (Å²) >= 11 is 1.20. The molecule has 346 valence electrons. The lowest BCUT2D eigenvalue weighted by Gasteiger charge is -2.42. The molecule has 9 rings (SSSR count). The van der Waals surface area contributed by atoms with Crippen molar-refractivity contribution in [2.75, 3.05) is 39.5 Å². The Morgan fingerprint density at radius 2 is 1.80 bits per heavy atom. The molecular weight excluding hydrogens is 871 g/mol. The Morgan fingerprint density at radius 1 is 1.02 bits per heavy atom. The van der Waals surface area contributed by atoms with E-state index in [0.717, 1.165) is 44.3 Å². The summed E-state index contributed by atoms with van der Waals surface area (Å²) in [5.74, 6) is -3.21. The van der Waals surface area contributed by atoms with Gasteiger partial charge < -0.3 is 29.1 Å². The number of halogens is 1. The number of nitrogens with zero attached hydrogens (tertiary/aromatic N) is 4. The molecule has 4 saturated heterocycles. The first-order valence-electron chi connectivity index (χ1n) is 23.1. The van der Waals surface area contributed by atoms with Crippen LogP contribution in [0.25, 0.3) is 10.1 Å². The highest BCUT2D eigenvalue weighted by molar-refractivity contribution is 7.57. The van der Waals surface area contributed by atoms with Crippen molar-refractivity contribution in [1.29, 1.82) is 0 Å². The molecule has 0 radical (unpaired) electrons. The Morgan fingerprint density at radius 3 is 2.54 bits per heavy atom. The number of carbonyl (C=O) groups excluding carboxylic acids is 4. The zero-order valence-electron chi connectivity index (χ0n) is 36.9. The van der Waals surface area contributed by atoms with Gasteiger partial charge in [0.05, 0.1) is 24.7 Å². The number of hydrogen-bond donors (Lipinski definition) is 2. The van der Waals surface area contributed by atoms with E-state index in [9.17, 15) is 23.7 Å². The normalized spacial score (nSPS) is 26.1. The quantitative estimate of drug-likeness (QED) is 0.0962. The van der Waals surface area contributed by atoms with Crippen LogP contribution in [0.5, 0.6) is 5.75 Å². The van der Waals surface area contributed by atoms with Crippen LogP contribution >= 0.6 is 18.9 Å². The summed E-state index contributed by atoms with van der Waals surface area (Å²) in [6, 6.07) is 15.9. The molecule has 1 spiro atoms. The second-order valence-electron chi connectivity index (χ2n) is 18.3. The molecule has 2 aromatic heterocycles. The lowest BCUT2D eigenvalue weighted by molar-refractivity contribution is -0.148. The van der Waals surface area contributed by atoms with Crippen molar-refractivity contribution >= 4 is 52.6 Å². The van der Waals surface area contributed by atoms with Crippen molar-refractivity contribution in [3.63, 3.8) is 0 Å². The third-order valence-corrected chi connectivity index (χ3v) is 17.1. The van der Waals surface area contributed by atoms with Crippen LogP contribution in [0.1, 0.15) is 104 Å². The average molecular weight is 929 g/mol. The molecule has 2 aromatic carbocycles. The van der Waals surface area contributed by atoms with Gasteiger partial charge in [-0.25, -0.2) is 9.48 Å². The van der Waals surface area contributed by atoms with Crippen LogP contribution in [0.15, 0.2) is 79.1 Å². The first-order valence-corrected chi connectivity index (χ1v) is 25.6. The molecule has 1 aliphatic carbocycles. The van der Waals surface area contributed by atoms with Crippen molar-refractivity contribution in [2.24, 2.45) is 0 Å². The molecule has 17 heteroatoms. The van der Waals surface area contributed by atoms with Crippen LogP contribution in [0.2, 0.25) is 0 Å². The first-order chi connectivity index (χ1) is 31.4. The van der Waals surface area contributed by atoms with E-state index in [1.165, 1.54) is 30.4 Å². The molecule has 14 nitrogen and oxygen atoms in total. The molecule has 65 heavy (non-hydrogen) atoms. The molecular formula is C48H58FN6O8PS. The minimum atomic E-state index is -4.47. The largest absolute Gasteiger partial charge is 0.465 e. The minimum Gasteiger partial charge on any atom is -0.465 e. The van der Waals surface area contributed by atoms with E-state index in [-0.39, 0.29) is 53.3 Å². The number of nitrogens with one attached hydrogen (secondary N) is 2. The number of alkyl halides is 1. The van der Waals surface area contributed by atoms with Crippen molar-refractivity contribution in [3.05, 3.63) is 95.1 Å². The number of likely N-dealkylation sites (tertiary alicyclic amines) is 1. The van der Waals surface area contributed by atoms with Gasteiger partial charge in [-0.15, -0.1) is 11.3 Å². The van der Waals surface area contributed by atoms with Gasteiger partial charge >= 0.3 is 13.5 Å².